The number of hydrogen-bond donors (Lipinski definition) is 0. The molecule has 0 saturated carbocycles. The van der Waals surface area contributed by atoms with Crippen molar-refractivity contribution in [2.45, 2.75) is 12.5 Å². The van der Waals surface area contributed by atoms with Crippen LogP contribution in [0.2, 0.25) is 5.02 Å². The summed E-state index contributed by atoms with van der Waals surface area (Å²) in [6.45, 7) is 1.24. The minimum atomic E-state index is -0.184. The van der Waals surface area contributed by atoms with E-state index in [9.17, 15) is 9.59 Å². The smallest absolute Gasteiger partial charge is 0.261 e. The molecule has 4 rings (SSSR count). The van der Waals surface area contributed by atoms with Crippen molar-refractivity contribution >= 4 is 23.4 Å². The Labute approximate surface area is 157 Å². The summed E-state index contributed by atoms with van der Waals surface area (Å²) in [4.78, 5) is 28.6. The molecule has 0 aliphatic carbocycles. The van der Waals surface area contributed by atoms with E-state index in [-0.39, 0.29) is 31.0 Å². The summed E-state index contributed by atoms with van der Waals surface area (Å²) in [5.74, 6) is 0.391. The summed E-state index contributed by atoms with van der Waals surface area (Å²) >= 11 is 5.85. The van der Waals surface area contributed by atoms with E-state index >= 15 is 0 Å². The fourth-order valence-corrected chi connectivity index (χ4v) is 3.76. The number of ether oxygens (including phenoxy) is 1. The Hall–Kier alpha value is -2.53. The molecule has 134 valence electrons. The lowest BCUT2D eigenvalue weighted by molar-refractivity contribution is -0.150. The topological polar surface area (TPSA) is 49.9 Å². The molecule has 0 spiro atoms. The molecule has 2 aromatic carbocycles. The second-order valence-corrected chi connectivity index (χ2v) is 7.01. The number of hydrogen-bond acceptors (Lipinski definition) is 3. The summed E-state index contributed by atoms with van der Waals surface area (Å²) in [5, 5.41) is 0.612. The Balaban J connectivity index is 1.46. The molecule has 2 aliphatic rings. The Morgan fingerprint density at radius 1 is 1.15 bits per heavy atom. The van der Waals surface area contributed by atoms with Gasteiger partial charge in [0.1, 0.15) is 5.75 Å². The van der Waals surface area contributed by atoms with E-state index in [0.29, 0.717) is 23.9 Å². The van der Waals surface area contributed by atoms with Gasteiger partial charge in [-0.1, -0.05) is 35.9 Å². The maximum atomic E-state index is 12.6. The molecule has 6 heteroatoms. The van der Waals surface area contributed by atoms with Gasteiger partial charge in [-0.15, -0.1) is 0 Å². The average molecular weight is 371 g/mol. The van der Waals surface area contributed by atoms with Gasteiger partial charge in [0.05, 0.1) is 12.6 Å². The second kappa shape index (κ2) is 7.00. The van der Waals surface area contributed by atoms with Crippen LogP contribution in [0.4, 0.5) is 0 Å². The maximum Gasteiger partial charge on any atom is 0.261 e. The highest BCUT2D eigenvalue weighted by Gasteiger charge is 2.38. The van der Waals surface area contributed by atoms with E-state index in [1.165, 1.54) is 5.56 Å². The van der Waals surface area contributed by atoms with Crippen molar-refractivity contribution in [2.75, 3.05) is 26.2 Å². The normalized spacial score (nSPS) is 19.0. The minimum absolute atomic E-state index is 0.00408. The first-order valence-corrected chi connectivity index (χ1v) is 9.03. The molecule has 2 heterocycles. The minimum Gasteiger partial charge on any atom is -0.484 e. The molecule has 5 nitrogen and oxygen atoms in total. The van der Waals surface area contributed by atoms with Crippen molar-refractivity contribution in [3.63, 3.8) is 0 Å². The van der Waals surface area contributed by atoms with Gasteiger partial charge in [0, 0.05) is 18.1 Å². The van der Waals surface area contributed by atoms with Crippen LogP contribution in [-0.4, -0.2) is 47.9 Å². The molecular formula is C20H19ClN2O3. The zero-order chi connectivity index (χ0) is 18.1. The van der Waals surface area contributed by atoms with E-state index in [1.807, 2.05) is 17.0 Å². The fraction of sp³-hybridized carbons (Fsp3) is 0.300. The van der Waals surface area contributed by atoms with Gasteiger partial charge in [0.15, 0.2) is 6.61 Å². The summed E-state index contributed by atoms with van der Waals surface area (Å²) in [6, 6.07) is 14.9. The number of rotatable bonds is 3. The molecule has 2 aromatic rings. The molecule has 1 fully saturated rings. The predicted molar refractivity (Wildman–Crippen MR) is 98.1 cm³/mol. The highest BCUT2D eigenvalue weighted by Crippen LogP contribution is 2.33. The third-order valence-electron chi connectivity index (χ3n) is 4.98. The van der Waals surface area contributed by atoms with E-state index in [4.69, 9.17) is 16.3 Å². The number of nitrogens with zero attached hydrogens (tertiary/aromatic N) is 2. The Bertz CT molecular complexity index is 837. The van der Waals surface area contributed by atoms with Gasteiger partial charge in [-0.3, -0.25) is 9.59 Å². The first-order chi connectivity index (χ1) is 12.6. The van der Waals surface area contributed by atoms with Crippen molar-refractivity contribution in [1.82, 2.24) is 9.80 Å². The van der Waals surface area contributed by atoms with Crippen molar-refractivity contribution in [2.24, 2.45) is 0 Å². The lowest BCUT2D eigenvalue weighted by Crippen LogP contribution is -2.56. The van der Waals surface area contributed by atoms with Crippen LogP contribution < -0.4 is 4.74 Å². The van der Waals surface area contributed by atoms with Crippen LogP contribution >= 0.6 is 11.6 Å². The number of piperazine rings is 1. The van der Waals surface area contributed by atoms with Crippen LogP contribution in [0.3, 0.4) is 0 Å². The molecule has 2 aliphatic heterocycles. The molecule has 1 saturated heterocycles. The summed E-state index contributed by atoms with van der Waals surface area (Å²) in [6.07, 6.45) is 0.867. The zero-order valence-corrected chi connectivity index (χ0v) is 15.0. The Morgan fingerprint density at radius 3 is 2.73 bits per heavy atom. The maximum absolute atomic E-state index is 12.6. The number of fused-ring (bicyclic) bond motifs is 3. The van der Waals surface area contributed by atoms with Gasteiger partial charge in [-0.25, -0.2) is 0 Å². The molecular weight excluding hydrogens is 352 g/mol. The number of halogens is 1. The van der Waals surface area contributed by atoms with Gasteiger partial charge in [-0.2, -0.15) is 0 Å². The average Bonchev–Trinajstić information content (AvgIpc) is 2.67. The van der Waals surface area contributed by atoms with E-state index in [0.717, 1.165) is 12.0 Å². The number of benzene rings is 2. The first-order valence-electron chi connectivity index (χ1n) is 8.65. The van der Waals surface area contributed by atoms with Crippen molar-refractivity contribution in [1.29, 1.82) is 0 Å². The third kappa shape index (κ3) is 3.27. The van der Waals surface area contributed by atoms with Crippen molar-refractivity contribution in [3.8, 4) is 5.75 Å². The van der Waals surface area contributed by atoms with Crippen LogP contribution in [0, 0.1) is 0 Å². The van der Waals surface area contributed by atoms with Gasteiger partial charge in [-0.05, 0) is 41.8 Å². The monoisotopic (exact) mass is 370 g/mol. The largest absolute Gasteiger partial charge is 0.484 e. The molecule has 0 aromatic heterocycles. The number of carbonyl (C=O) groups is 2. The molecule has 2 amide bonds. The molecule has 26 heavy (non-hydrogen) atoms. The molecule has 0 radical (unpaired) electrons. The molecule has 1 atom stereocenters. The van der Waals surface area contributed by atoms with Crippen LogP contribution in [-0.2, 0) is 16.0 Å². The summed E-state index contributed by atoms with van der Waals surface area (Å²) in [7, 11) is 0. The standard InChI is InChI=1S/C20H19ClN2O3/c21-15-5-7-16(8-6-15)26-13-20(25)22-11-18-17-4-2-1-3-14(17)9-10-23(18)19(24)12-22/h1-8,18H,9-13H2/t18-/m0/s1. The molecule has 0 bridgehead atoms. The predicted octanol–water partition coefficient (Wildman–Crippen LogP) is 2.69. The van der Waals surface area contributed by atoms with Crippen LogP contribution in [0.5, 0.6) is 5.75 Å². The molecule has 0 unspecified atom stereocenters. The first kappa shape index (κ1) is 16.9. The van der Waals surface area contributed by atoms with Crippen LogP contribution in [0.1, 0.15) is 17.2 Å². The SMILES string of the molecule is O=C(COc1ccc(Cl)cc1)N1CC(=O)N2CCc3ccccc3[C@@H]2C1. The Morgan fingerprint density at radius 2 is 1.92 bits per heavy atom. The van der Waals surface area contributed by atoms with E-state index in [1.54, 1.807) is 29.2 Å². The number of carbonyl (C=O) groups excluding carboxylic acids is 2. The van der Waals surface area contributed by atoms with Gasteiger partial charge >= 0.3 is 0 Å². The summed E-state index contributed by atoms with van der Waals surface area (Å²) < 4.78 is 5.54. The second-order valence-electron chi connectivity index (χ2n) is 6.57. The summed E-state index contributed by atoms with van der Waals surface area (Å²) in [5.41, 5.74) is 2.40. The highest BCUT2D eigenvalue weighted by atomic mass is 35.5. The van der Waals surface area contributed by atoms with Crippen molar-refractivity contribution in [3.05, 3.63) is 64.7 Å². The third-order valence-corrected chi connectivity index (χ3v) is 5.23. The van der Waals surface area contributed by atoms with Crippen LogP contribution in [0.15, 0.2) is 48.5 Å². The Kier molecular flexibility index (Phi) is 4.55. The lowest BCUT2D eigenvalue weighted by Gasteiger charge is -2.44. The fourth-order valence-electron chi connectivity index (χ4n) is 3.63. The zero-order valence-electron chi connectivity index (χ0n) is 14.2. The molecule has 0 N–H and O–H groups in total. The van der Waals surface area contributed by atoms with E-state index < -0.39 is 0 Å². The van der Waals surface area contributed by atoms with Crippen LogP contribution in [0.25, 0.3) is 0 Å². The van der Waals surface area contributed by atoms with E-state index in [2.05, 4.69) is 12.1 Å². The van der Waals surface area contributed by atoms with Gasteiger partial charge < -0.3 is 14.5 Å². The lowest BCUT2D eigenvalue weighted by atomic mass is 9.91. The van der Waals surface area contributed by atoms with Gasteiger partial charge in [0.2, 0.25) is 5.91 Å². The number of amides is 2. The van der Waals surface area contributed by atoms with Crippen molar-refractivity contribution < 1.29 is 14.3 Å². The van der Waals surface area contributed by atoms with Gasteiger partial charge in [0.25, 0.3) is 5.91 Å². The quantitative estimate of drug-likeness (QED) is 0.834. The highest BCUT2D eigenvalue weighted by molar-refractivity contribution is 6.30.